The summed E-state index contributed by atoms with van der Waals surface area (Å²) in [5, 5.41) is 14.6. The molecule has 4 aliphatic carbocycles. The first-order valence-corrected chi connectivity index (χ1v) is 13.0. The summed E-state index contributed by atoms with van der Waals surface area (Å²) in [5.41, 5.74) is 11.1. The number of hydrogen-bond donors (Lipinski definition) is 1. The Balaban J connectivity index is 1.28. The predicted molar refractivity (Wildman–Crippen MR) is 133 cm³/mol. The number of aromatic nitrogens is 3. The van der Waals surface area contributed by atoms with Crippen molar-refractivity contribution >= 4 is 5.69 Å². The monoisotopic (exact) mass is 482 g/mol. The van der Waals surface area contributed by atoms with Crippen molar-refractivity contribution in [3.63, 3.8) is 0 Å². The Morgan fingerprint density at radius 2 is 2.17 bits per heavy atom. The molecule has 2 bridgehead atoms. The van der Waals surface area contributed by atoms with Crippen molar-refractivity contribution in [3.05, 3.63) is 52.4 Å². The number of fused-ring (bicyclic) bond motifs is 1. The van der Waals surface area contributed by atoms with Crippen LogP contribution < -0.4 is 10.5 Å². The fraction of sp³-hybridized carbons (Fsp3) is 0.500. The maximum Gasteiger partial charge on any atom is 0.217 e. The number of nitriles is 1. The summed E-state index contributed by atoms with van der Waals surface area (Å²) in [6.45, 7) is 3.21. The predicted octanol–water partition coefficient (Wildman–Crippen LogP) is 4.19. The largest absolute Gasteiger partial charge is 0.473 e. The summed E-state index contributed by atoms with van der Waals surface area (Å²) in [4.78, 5) is 11.7. The van der Waals surface area contributed by atoms with Crippen molar-refractivity contribution in [3.8, 4) is 23.5 Å². The Kier molecular flexibility index (Phi) is 4.71. The van der Waals surface area contributed by atoms with Crippen LogP contribution in [0.1, 0.15) is 73.0 Å². The van der Waals surface area contributed by atoms with E-state index in [1.807, 2.05) is 12.1 Å². The number of anilines is 1. The highest BCUT2D eigenvalue weighted by Crippen LogP contribution is 2.66. The zero-order chi connectivity index (χ0) is 24.6. The third-order valence-corrected chi connectivity index (χ3v) is 9.31. The lowest BCUT2D eigenvalue weighted by molar-refractivity contribution is 0.107. The Bertz CT molecular complexity index is 1400. The van der Waals surface area contributed by atoms with E-state index in [2.05, 4.69) is 41.1 Å². The van der Waals surface area contributed by atoms with Gasteiger partial charge in [0.25, 0.3) is 0 Å². The molecule has 36 heavy (non-hydrogen) atoms. The number of likely N-dealkylation sites (N-methyl/N-ethyl adjacent to an activating group) is 1. The summed E-state index contributed by atoms with van der Waals surface area (Å²) in [6.07, 6.45) is 8.04. The van der Waals surface area contributed by atoms with Crippen LogP contribution in [0.2, 0.25) is 0 Å². The fourth-order valence-electron chi connectivity index (χ4n) is 7.51. The summed E-state index contributed by atoms with van der Waals surface area (Å²) in [5.74, 6) is 2.81. The number of aryl methyl sites for hydroxylation is 1. The van der Waals surface area contributed by atoms with Crippen LogP contribution in [0.25, 0.3) is 11.5 Å². The van der Waals surface area contributed by atoms with E-state index in [1.165, 1.54) is 12.0 Å². The van der Waals surface area contributed by atoms with Gasteiger partial charge in [0, 0.05) is 29.6 Å². The number of benzene rings is 1. The smallest absolute Gasteiger partial charge is 0.217 e. The summed E-state index contributed by atoms with van der Waals surface area (Å²) in [7, 11) is 2.15. The molecule has 8 nitrogen and oxygen atoms in total. The third-order valence-electron chi connectivity index (χ3n) is 9.31. The van der Waals surface area contributed by atoms with Crippen LogP contribution in [0, 0.1) is 17.2 Å². The first kappa shape index (κ1) is 21.8. The van der Waals surface area contributed by atoms with E-state index in [-0.39, 0.29) is 11.5 Å². The molecule has 1 spiro atoms. The average Bonchev–Trinajstić information content (AvgIpc) is 3.57. The summed E-state index contributed by atoms with van der Waals surface area (Å²) < 4.78 is 12.4. The van der Waals surface area contributed by atoms with Gasteiger partial charge in [0.2, 0.25) is 5.88 Å². The van der Waals surface area contributed by atoms with Gasteiger partial charge in [-0.1, -0.05) is 11.2 Å². The standard InChI is InChI=1S/C28H30N6O2/c1-15(21-4-3-11-34(21)2)35-22-8-10-31-27(32-22)25-23-17-12-18(13-17)28(26(23)36-33-25)9-7-16-5-6-20(30)19(14-29)24(16)28/h5-6,8,10,15,17-18,21H,3-4,7,9,11-13,30H2,1-2H3. The number of rotatable bonds is 4. The van der Waals surface area contributed by atoms with Crippen LogP contribution in [0.4, 0.5) is 5.69 Å². The first-order valence-electron chi connectivity index (χ1n) is 13.0. The van der Waals surface area contributed by atoms with Crippen LogP contribution >= 0.6 is 0 Å². The van der Waals surface area contributed by atoms with Gasteiger partial charge in [0.1, 0.15) is 12.2 Å². The Morgan fingerprint density at radius 1 is 1.31 bits per heavy atom. The second-order valence-electron chi connectivity index (χ2n) is 11.0. The number of nitrogens with two attached hydrogens (primary N) is 1. The molecule has 3 atom stereocenters. The number of nitrogens with zero attached hydrogens (tertiary/aromatic N) is 5. The van der Waals surface area contributed by atoms with Crippen molar-refractivity contribution in [2.24, 2.45) is 5.92 Å². The van der Waals surface area contributed by atoms with Gasteiger partial charge in [0.05, 0.1) is 11.0 Å². The molecule has 5 aliphatic rings. The lowest BCUT2D eigenvalue weighted by Gasteiger charge is -2.52. The first-order chi connectivity index (χ1) is 17.5. The van der Waals surface area contributed by atoms with E-state index in [0.29, 0.717) is 46.5 Å². The van der Waals surface area contributed by atoms with E-state index in [4.69, 9.17) is 20.0 Å². The molecule has 184 valence electrons. The van der Waals surface area contributed by atoms with Crippen LogP contribution in [-0.4, -0.2) is 45.8 Å². The van der Waals surface area contributed by atoms with E-state index >= 15 is 0 Å². The number of ether oxygens (including phenoxy) is 1. The molecule has 3 unspecified atom stereocenters. The zero-order valence-corrected chi connectivity index (χ0v) is 20.7. The normalized spacial score (nSPS) is 28.9. The SMILES string of the molecule is CC(Oc1ccnc(-c2noc3c2C2CC(C2)C32CCc3ccc(N)c(C#N)c32)n1)C1CCCN1C. The molecule has 1 aliphatic heterocycles. The molecule has 2 fully saturated rings. The molecule has 0 radical (unpaired) electrons. The average molecular weight is 483 g/mol. The van der Waals surface area contributed by atoms with Crippen molar-refractivity contribution in [1.82, 2.24) is 20.0 Å². The summed E-state index contributed by atoms with van der Waals surface area (Å²) >= 11 is 0. The molecular formula is C28H30N6O2. The molecule has 1 aromatic carbocycles. The molecule has 1 saturated heterocycles. The highest BCUT2D eigenvalue weighted by Gasteiger charge is 2.61. The minimum absolute atomic E-state index is 0.0342. The fourth-order valence-corrected chi connectivity index (χ4v) is 7.51. The van der Waals surface area contributed by atoms with Gasteiger partial charge < -0.3 is 15.0 Å². The second kappa shape index (κ2) is 7.78. The Labute approximate surface area is 210 Å². The Hall–Kier alpha value is -3.44. The topological polar surface area (TPSA) is 114 Å². The van der Waals surface area contributed by atoms with E-state index < -0.39 is 0 Å². The molecule has 3 aromatic rings. The number of nitrogen functional groups attached to an aromatic ring is 1. The lowest BCUT2D eigenvalue weighted by Crippen LogP contribution is -2.47. The van der Waals surface area contributed by atoms with Crippen LogP contribution in [0.5, 0.6) is 5.88 Å². The molecule has 2 aromatic heterocycles. The van der Waals surface area contributed by atoms with E-state index in [1.54, 1.807) is 6.20 Å². The van der Waals surface area contributed by atoms with Gasteiger partial charge in [-0.05, 0) is 88.1 Å². The Morgan fingerprint density at radius 3 is 2.94 bits per heavy atom. The lowest BCUT2D eigenvalue weighted by atomic mass is 9.50. The van der Waals surface area contributed by atoms with Gasteiger partial charge in [0.15, 0.2) is 17.3 Å². The minimum atomic E-state index is -0.346. The van der Waals surface area contributed by atoms with Crippen LogP contribution in [0.3, 0.4) is 0 Å². The molecule has 8 heteroatoms. The maximum absolute atomic E-state index is 10.0. The summed E-state index contributed by atoms with van der Waals surface area (Å²) in [6, 6.07) is 8.54. The van der Waals surface area contributed by atoms with Crippen LogP contribution in [-0.2, 0) is 11.8 Å². The van der Waals surface area contributed by atoms with Crippen molar-refractivity contribution < 1.29 is 9.26 Å². The zero-order valence-electron chi connectivity index (χ0n) is 20.7. The molecule has 2 N–H and O–H groups in total. The second-order valence-corrected chi connectivity index (χ2v) is 11.0. The number of likely N-dealkylation sites (tertiary alicyclic amines) is 1. The van der Waals surface area contributed by atoms with Gasteiger partial charge in [-0.15, -0.1) is 0 Å². The molecule has 0 amide bonds. The maximum atomic E-state index is 10.0. The molecule has 1 saturated carbocycles. The van der Waals surface area contributed by atoms with Gasteiger partial charge >= 0.3 is 0 Å². The molecule has 8 rings (SSSR count). The highest BCUT2D eigenvalue weighted by molar-refractivity contribution is 5.70. The van der Waals surface area contributed by atoms with Crippen LogP contribution in [0.15, 0.2) is 28.9 Å². The van der Waals surface area contributed by atoms with Gasteiger partial charge in [-0.25, -0.2) is 4.98 Å². The molecule has 3 heterocycles. The van der Waals surface area contributed by atoms with Crippen molar-refractivity contribution in [1.29, 1.82) is 5.26 Å². The van der Waals surface area contributed by atoms with Crippen molar-refractivity contribution in [2.75, 3.05) is 19.3 Å². The quantitative estimate of drug-likeness (QED) is 0.551. The van der Waals surface area contributed by atoms with E-state index in [0.717, 1.165) is 55.5 Å². The highest BCUT2D eigenvalue weighted by atomic mass is 16.5. The third kappa shape index (κ3) is 2.86. The number of hydrogen-bond acceptors (Lipinski definition) is 8. The van der Waals surface area contributed by atoms with E-state index in [9.17, 15) is 5.26 Å². The molecular weight excluding hydrogens is 452 g/mol. The van der Waals surface area contributed by atoms with Crippen molar-refractivity contribution in [2.45, 2.75) is 68.9 Å². The minimum Gasteiger partial charge on any atom is -0.473 e. The van der Waals surface area contributed by atoms with Gasteiger partial charge in [-0.2, -0.15) is 10.2 Å². The van der Waals surface area contributed by atoms with Gasteiger partial charge in [-0.3, -0.25) is 4.90 Å².